The highest BCUT2D eigenvalue weighted by atomic mass is 16.5. The van der Waals surface area contributed by atoms with Crippen LogP contribution in [0.3, 0.4) is 0 Å². The van der Waals surface area contributed by atoms with Crippen LogP contribution < -0.4 is 0 Å². The van der Waals surface area contributed by atoms with E-state index in [1.165, 1.54) is 0 Å². The number of carbonyl (C=O) groups excluding carboxylic acids is 1. The van der Waals surface area contributed by atoms with Crippen LogP contribution in [0.15, 0.2) is 0 Å². The van der Waals surface area contributed by atoms with Gasteiger partial charge >= 0.3 is 0 Å². The monoisotopic (exact) mass is 172 g/mol. The number of rotatable bonds is 4. The molecule has 1 fully saturated rings. The van der Waals surface area contributed by atoms with Gasteiger partial charge in [0.2, 0.25) is 0 Å². The minimum absolute atomic E-state index is 0.0783. The van der Waals surface area contributed by atoms with Crippen molar-refractivity contribution in [3.8, 4) is 0 Å². The molecule has 1 N–H and O–H groups in total. The molecule has 1 aliphatic rings. The van der Waals surface area contributed by atoms with Crippen molar-refractivity contribution in [2.75, 3.05) is 13.2 Å². The Hall–Kier alpha value is -0.410. The number of aliphatic hydroxyl groups is 1. The maximum Gasteiger partial charge on any atom is 0.135 e. The third-order valence-electron chi connectivity index (χ3n) is 2.22. The van der Waals surface area contributed by atoms with Crippen LogP contribution in [0.2, 0.25) is 0 Å². The molecule has 0 radical (unpaired) electrons. The lowest BCUT2D eigenvalue weighted by molar-refractivity contribution is -0.182. The van der Waals surface area contributed by atoms with E-state index < -0.39 is 5.60 Å². The molecule has 0 atom stereocenters. The molecule has 0 aromatic rings. The van der Waals surface area contributed by atoms with E-state index in [-0.39, 0.29) is 11.7 Å². The Labute approximate surface area is 72.7 Å². The summed E-state index contributed by atoms with van der Waals surface area (Å²) in [6.45, 7) is 4.53. The van der Waals surface area contributed by atoms with Crippen molar-refractivity contribution >= 4 is 5.78 Å². The summed E-state index contributed by atoms with van der Waals surface area (Å²) in [4.78, 5) is 11.2. The van der Waals surface area contributed by atoms with Crippen molar-refractivity contribution in [2.24, 2.45) is 5.92 Å². The summed E-state index contributed by atoms with van der Waals surface area (Å²) in [7, 11) is 0. The standard InChI is InChI=1S/C9H16O3/c1-7(2)8(10)3-4-9(11)5-12-6-9/h7,11H,3-6H2,1-2H3. The maximum atomic E-state index is 11.2. The van der Waals surface area contributed by atoms with Gasteiger partial charge < -0.3 is 9.84 Å². The Morgan fingerprint density at radius 2 is 2.17 bits per heavy atom. The predicted octanol–water partition coefficient (Wildman–Crippen LogP) is 0.753. The van der Waals surface area contributed by atoms with E-state index in [9.17, 15) is 9.90 Å². The SMILES string of the molecule is CC(C)C(=O)CCC1(O)COC1. The fourth-order valence-electron chi connectivity index (χ4n) is 1.13. The van der Waals surface area contributed by atoms with E-state index in [1.54, 1.807) is 0 Å². The Kier molecular flexibility index (Phi) is 2.85. The Morgan fingerprint density at radius 3 is 2.50 bits per heavy atom. The summed E-state index contributed by atoms with van der Waals surface area (Å²) >= 11 is 0. The molecule has 3 heteroatoms. The van der Waals surface area contributed by atoms with Gasteiger partial charge in [0.1, 0.15) is 11.4 Å². The van der Waals surface area contributed by atoms with E-state index in [4.69, 9.17) is 4.74 Å². The zero-order valence-corrected chi connectivity index (χ0v) is 7.67. The van der Waals surface area contributed by atoms with Gasteiger partial charge in [0.15, 0.2) is 0 Å². The van der Waals surface area contributed by atoms with Gasteiger partial charge in [-0.1, -0.05) is 13.8 Å². The maximum absolute atomic E-state index is 11.2. The minimum Gasteiger partial charge on any atom is -0.385 e. The summed E-state index contributed by atoms with van der Waals surface area (Å²) in [5.74, 6) is 0.296. The predicted molar refractivity (Wildman–Crippen MR) is 44.8 cm³/mol. The van der Waals surface area contributed by atoms with E-state index in [1.807, 2.05) is 13.8 Å². The van der Waals surface area contributed by atoms with Gasteiger partial charge in [0.25, 0.3) is 0 Å². The molecule has 0 saturated carbocycles. The minimum atomic E-state index is -0.704. The average molecular weight is 172 g/mol. The summed E-state index contributed by atoms with van der Waals surface area (Å²) in [5.41, 5.74) is -0.704. The lowest BCUT2D eigenvalue weighted by Crippen LogP contribution is -2.49. The number of ether oxygens (including phenoxy) is 1. The highest BCUT2D eigenvalue weighted by Crippen LogP contribution is 2.22. The van der Waals surface area contributed by atoms with Gasteiger partial charge in [0, 0.05) is 12.3 Å². The molecule has 1 rings (SSSR count). The zero-order chi connectivity index (χ0) is 9.19. The number of ketones is 1. The highest BCUT2D eigenvalue weighted by molar-refractivity contribution is 5.80. The van der Waals surface area contributed by atoms with Gasteiger partial charge in [0.05, 0.1) is 13.2 Å². The molecule has 70 valence electrons. The summed E-state index contributed by atoms with van der Waals surface area (Å²) in [6.07, 6.45) is 1.02. The molecule has 3 nitrogen and oxygen atoms in total. The highest BCUT2D eigenvalue weighted by Gasteiger charge is 2.36. The molecular weight excluding hydrogens is 156 g/mol. The first-order valence-electron chi connectivity index (χ1n) is 4.36. The topological polar surface area (TPSA) is 46.5 Å². The molecule has 12 heavy (non-hydrogen) atoms. The quantitative estimate of drug-likeness (QED) is 0.680. The van der Waals surface area contributed by atoms with Crippen molar-refractivity contribution in [3.63, 3.8) is 0 Å². The number of hydrogen-bond acceptors (Lipinski definition) is 3. The second-order valence-corrected chi connectivity index (χ2v) is 3.84. The van der Waals surface area contributed by atoms with Crippen molar-refractivity contribution in [2.45, 2.75) is 32.3 Å². The van der Waals surface area contributed by atoms with E-state index in [0.29, 0.717) is 26.1 Å². The van der Waals surface area contributed by atoms with Crippen LogP contribution in [-0.4, -0.2) is 29.7 Å². The fraction of sp³-hybridized carbons (Fsp3) is 0.889. The number of Topliss-reactive ketones (excluding diaryl/α,β-unsaturated/α-hetero) is 1. The van der Waals surface area contributed by atoms with Gasteiger partial charge in [-0.2, -0.15) is 0 Å². The first-order chi connectivity index (χ1) is 5.53. The van der Waals surface area contributed by atoms with E-state index in [2.05, 4.69) is 0 Å². The van der Waals surface area contributed by atoms with Gasteiger partial charge in [-0.25, -0.2) is 0 Å². The molecule has 0 amide bonds. The molecule has 0 spiro atoms. The second-order valence-electron chi connectivity index (χ2n) is 3.84. The third kappa shape index (κ3) is 2.29. The largest absolute Gasteiger partial charge is 0.385 e. The van der Waals surface area contributed by atoms with Crippen molar-refractivity contribution in [1.29, 1.82) is 0 Å². The van der Waals surface area contributed by atoms with Crippen molar-refractivity contribution in [3.05, 3.63) is 0 Å². The molecule has 1 saturated heterocycles. The van der Waals surface area contributed by atoms with Crippen LogP contribution in [0.1, 0.15) is 26.7 Å². The smallest absolute Gasteiger partial charge is 0.135 e. The third-order valence-corrected chi connectivity index (χ3v) is 2.22. The molecule has 0 aliphatic carbocycles. The normalized spacial score (nSPS) is 20.7. The Balaban J connectivity index is 2.21. The molecule has 0 bridgehead atoms. The first-order valence-corrected chi connectivity index (χ1v) is 4.36. The molecular formula is C9H16O3. The molecule has 0 aromatic heterocycles. The van der Waals surface area contributed by atoms with Gasteiger partial charge in [-0.05, 0) is 6.42 Å². The van der Waals surface area contributed by atoms with E-state index >= 15 is 0 Å². The molecule has 1 aliphatic heterocycles. The van der Waals surface area contributed by atoms with E-state index in [0.717, 1.165) is 0 Å². The van der Waals surface area contributed by atoms with Crippen molar-refractivity contribution in [1.82, 2.24) is 0 Å². The molecule has 0 unspecified atom stereocenters. The second kappa shape index (κ2) is 3.54. The summed E-state index contributed by atoms with van der Waals surface area (Å²) in [6, 6.07) is 0. The Bertz CT molecular complexity index is 171. The van der Waals surface area contributed by atoms with Crippen LogP contribution in [0.5, 0.6) is 0 Å². The van der Waals surface area contributed by atoms with Gasteiger partial charge in [-0.3, -0.25) is 4.79 Å². The average Bonchev–Trinajstić information content (AvgIpc) is 1.96. The van der Waals surface area contributed by atoms with Crippen LogP contribution in [0.4, 0.5) is 0 Å². The molecule has 0 aromatic carbocycles. The fourth-order valence-corrected chi connectivity index (χ4v) is 1.13. The number of hydrogen-bond donors (Lipinski definition) is 1. The van der Waals surface area contributed by atoms with Crippen LogP contribution in [0.25, 0.3) is 0 Å². The summed E-state index contributed by atoms with van der Waals surface area (Å²) < 4.78 is 4.87. The van der Waals surface area contributed by atoms with Crippen molar-refractivity contribution < 1.29 is 14.6 Å². The van der Waals surface area contributed by atoms with Crippen LogP contribution in [-0.2, 0) is 9.53 Å². The lowest BCUT2D eigenvalue weighted by atomic mass is 9.92. The zero-order valence-electron chi connectivity index (χ0n) is 7.67. The van der Waals surface area contributed by atoms with Gasteiger partial charge in [-0.15, -0.1) is 0 Å². The lowest BCUT2D eigenvalue weighted by Gasteiger charge is -2.36. The van der Waals surface area contributed by atoms with Crippen LogP contribution >= 0.6 is 0 Å². The summed E-state index contributed by atoms with van der Waals surface area (Å²) in [5, 5.41) is 9.56. The van der Waals surface area contributed by atoms with Crippen LogP contribution in [0, 0.1) is 5.92 Å². The first kappa shape index (κ1) is 9.68. The Morgan fingerprint density at radius 1 is 1.58 bits per heavy atom. The number of carbonyl (C=O) groups is 1. The molecule has 1 heterocycles.